The Bertz CT molecular complexity index is 724. The summed E-state index contributed by atoms with van der Waals surface area (Å²) in [5, 5.41) is 0.451. The van der Waals surface area contributed by atoms with Gasteiger partial charge in [0.15, 0.2) is 0 Å². The zero-order valence-corrected chi connectivity index (χ0v) is 12.7. The molecule has 3 rings (SSSR count). The topological polar surface area (TPSA) is 95.4 Å². The van der Waals surface area contributed by atoms with E-state index in [1.54, 1.807) is 24.3 Å². The van der Waals surface area contributed by atoms with Crippen LogP contribution in [0.1, 0.15) is 37.6 Å². The van der Waals surface area contributed by atoms with E-state index in [2.05, 4.69) is 0 Å². The zero-order chi connectivity index (χ0) is 15.7. The molecule has 0 radical (unpaired) electrons. The van der Waals surface area contributed by atoms with Crippen molar-refractivity contribution in [3.8, 4) is 0 Å². The molecule has 1 amide bonds. The van der Waals surface area contributed by atoms with Gasteiger partial charge >= 0.3 is 5.97 Å². The molecule has 1 aliphatic carbocycles. The number of amides is 1. The molecule has 0 aliphatic heterocycles. The van der Waals surface area contributed by atoms with E-state index in [1.807, 2.05) is 6.07 Å². The van der Waals surface area contributed by atoms with E-state index >= 15 is 0 Å². The van der Waals surface area contributed by atoms with Crippen molar-refractivity contribution in [2.24, 2.45) is 5.73 Å². The number of ether oxygens (including phenoxy) is 1. The van der Waals surface area contributed by atoms with Gasteiger partial charge in [-0.2, -0.15) is 0 Å². The number of nitrogens with two attached hydrogens (primary N) is 2. The van der Waals surface area contributed by atoms with Crippen LogP contribution in [0.4, 0.5) is 5.00 Å². The lowest BCUT2D eigenvalue weighted by molar-refractivity contribution is 0.0273. The van der Waals surface area contributed by atoms with Gasteiger partial charge in [-0.1, -0.05) is 18.2 Å². The smallest absolute Gasteiger partial charge is 0.338 e. The Kier molecular flexibility index (Phi) is 3.85. The largest absolute Gasteiger partial charge is 0.458 e. The molecule has 1 heterocycles. The van der Waals surface area contributed by atoms with Gasteiger partial charge in [0.2, 0.25) is 0 Å². The van der Waals surface area contributed by atoms with Crippen LogP contribution in [0.25, 0.3) is 0 Å². The Morgan fingerprint density at radius 3 is 2.64 bits per heavy atom. The molecule has 4 N–H and O–H groups in total. The van der Waals surface area contributed by atoms with Crippen LogP contribution in [0.2, 0.25) is 0 Å². The van der Waals surface area contributed by atoms with Crippen LogP contribution in [0.5, 0.6) is 0 Å². The van der Waals surface area contributed by atoms with Gasteiger partial charge in [0.25, 0.3) is 5.91 Å². The first-order valence-corrected chi connectivity index (χ1v) is 7.83. The minimum absolute atomic E-state index is 0.195. The number of hydrogen-bond acceptors (Lipinski definition) is 5. The Labute approximate surface area is 131 Å². The van der Waals surface area contributed by atoms with E-state index in [9.17, 15) is 9.59 Å². The van der Waals surface area contributed by atoms with E-state index in [0.717, 1.165) is 10.4 Å². The number of fused-ring (bicyclic) bond motifs is 1. The van der Waals surface area contributed by atoms with E-state index < -0.39 is 5.91 Å². The summed E-state index contributed by atoms with van der Waals surface area (Å²) in [5.74, 6) is -0.816. The molecule has 0 saturated heterocycles. The van der Waals surface area contributed by atoms with Crippen LogP contribution in [-0.4, -0.2) is 18.0 Å². The number of thiophene rings is 1. The highest BCUT2D eigenvalue weighted by atomic mass is 32.1. The maximum absolute atomic E-state index is 12.1. The predicted molar refractivity (Wildman–Crippen MR) is 84.9 cm³/mol. The number of hydrogen-bond donors (Lipinski definition) is 2. The summed E-state index contributed by atoms with van der Waals surface area (Å²) in [7, 11) is 0. The molecule has 0 fully saturated rings. The summed E-state index contributed by atoms with van der Waals surface area (Å²) in [5.41, 5.74) is 13.1. The molecule has 0 bridgehead atoms. The fourth-order valence-corrected chi connectivity index (χ4v) is 3.93. The third kappa shape index (κ3) is 2.69. The summed E-state index contributed by atoms with van der Waals surface area (Å²) in [6, 6.07) is 8.91. The van der Waals surface area contributed by atoms with Crippen molar-refractivity contribution in [3.05, 3.63) is 51.9 Å². The summed E-state index contributed by atoms with van der Waals surface area (Å²) >= 11 is 1.36. The summed E-state index contributed by atoms with van der Waals surface area (Å²) in [6.07, 6.45) is 1.70. The molecule has 1 unspecified atom stereocenters. The Balaban J connectivity index is 1.74. The molecule has 22 heavy (non-hydrogen) atoms. The van der Waals surface area contributed by atoms with E-state index in [0.29, 0.717) is 35.4 Å². The van der Waals surface area contributed by atoms with Crippen molar-refractivity contribution in [1.29, 1.82) is 0 Å². The van der Waals surface area contributed by atoms with Crippen LogP contribution in [0.15, 0.2) is 30.3 Å². The fraction of sp³-hybridized carbons (Fsp3) is 0.250. The number of rotatable bonds is 3. The molecule has 6 heteroatoms. The monoisotopic (exact) mass is 316 g/mol. The van der Waals surface area contributed by atoms with Crippen LogP contribution < -0.4 is 11.5 Å². The first-order chi connectivity index (χ1) is 10.6. The van der Waals surface area contributed by atoms with Gasteiger partial charge in [-0.3, -0.25) is 4.79 Å². The van der Waals surface area contributed by atoms with Crippen molar-refractivity contribution in [2.75, 3.05) is 5.73 Å². The molecule has 1 aromatic heterocycles. The Morgan fingerprint density at radius 2 is 1.95 bits per heavy atom. The standard InChI is InChI=1S/C16H16N2O3S/c17-14(19)13-11-7-6-10(8-12(11)22-15(13)18)21-16(20)9-4-2-1-3-5-9/h1-5,10H,6-8,18H2,(H2,17,19). The number of carbonyl (C=O) groups excluding carboxylic acids is 2. The second kappa shape index (κ2) is 5.81. The molecule has 1 atom stereocenters. The highest BCUT2D eigenvalue weighted by Gasteiger charge is 2.29. The van der Waals surface area contributed by atoms with Gasteiger partial charge in [0, 0.05) is 11.3 Å². The van der Waals surface area contributed by atoms with Crippen molar-refractivity contribution in [3.63, 3.8) is 0 Å². The maximum Gasteiger partial charge on any atom is 0.338 e. The van der Waals surface area contributed by atoms with Crippen LogP contribution in [0.3, 0.4) is 0 Å². The van der Waals surface area contributed by atoms with Gasteiger partial charge in [-0.25, -0.2) is 4.79 Å². The molecule has 5 nitrogen and oxygen atoms in total. The maximum atomic E-state index is 12.1. The zero-order valence-electron chi connectivity index (χ0n) is 11.9. The van der Waals surface area contributed by atoms with Crippen LogP contribution in [0, 0.1) is 0 Å². The summed E-state index contributed by atoms with van der Waals surface area (Å²) in [4.78, 5) is 24.5. The molecule has 2 aromatic rings. The lowest BCUT2D eigenvalue weighted by Gasteiger charge is -2.22. The van der Waals surface area contributed by atoms with E-state index in [1.165, 1.54) is 11.3 Å². The summed E-state index contributed by atoms with van der Waals surface area (Å²) < 4.78 is 5.55. The molecule has 1 aliphatic rings. The SMILES string of the molecule is NC(=O)c1c(N)sc2c1CCC(OC(=O)c1ccccc1)C2. The van der Waals surface area contributed by atoms with Gasteiger partial charge < -0.3 is 16.2 Å². The summed E-state index contributed by atoms with van der Waals surface area (Å²) in [6.45, 7) is 0. The number of primary amides is 1. The van der Waals surface area contributed by atoms with Crippen molar-refractivity contribution < 1.29 is 14.3 Å². The van der Waals surface area contributed by atoms with Gasteiger partial charge in [-0.15, -0.1) is 11.3 Å². The molecular weight excluding hydrogens is 300 g/mol. The Morgan fingerprint density at radius 1 is 1.23 bits per heavy atom. The average molecular weight is 316 g/mol. The number of anilines is 1. The number of esters is 1. The van der Waals surface area contributed by atoms with Gasteiger partial charge in [-0.05, 0) is 30.5 Å². The fourth-order valence-electron chi connectivity index (χ4n) is 2.74. The Hall–Kier alpha value is -2.34. The predicted octanol–water partition coefficient (Wildman–Crippen LogP) is 2.14. The van der Waals surface area contributed by atoms with Crippen molar-refractivity contribution >= 4 is 28.2 Å². The lowest BCUT2D eigenvalue weighted by atomic mass is 9.93. The highest BCUT2D eigenvalue weighted by Crippen LogP contribution is 2.36. The second-order valence-electron chi connectivity index (χ2n) is 5.24. The minimum Gasteiger partial charge on any atom is -0.458 e. The molecule has 0 spiro atoms. The van der Waals surface area contributed by atoms with Gasteiger partial charge in [0.05, 0.1) is 16.1 Å². The normalized spacial score (nSPS) is 16.8. The lowest BCUT2D eigenvalue weighted by Crippen LogP contribution is -2.26. The molecule has 1 aromatic carbocycles. The highest BCUT2D eigenvalue weighted by molar-refractivity contribution is 7.16. The first kappa shape index (κ1) is 14.6. The van der Waals surface area contributed by atoms with E-state index in [4.69, 9.17) is 16.2 Å². The van der Waals surface area contributed by atoms with E-state index in [-0.39, 0.29) is 12.1 Å². The van der Waals surface area contributed by atoms with Crippen molar-refractivity contribution in [2.45, 2.75) is 25.4 Å². The third-order valence-corrected chi connectivity index (χ3v) is 4.86. The average Bonchev–Trinajstić information content (AvgIpc) is 2.83. The number of benzene rings is 1. The van der Waals surface area contributed by atoms with Crippen molar-refractivity contribution in [1.82, 2.24) is 0 Å². The molecule has 114 valence electrons. The van der Waals surface area contributed by atoms with Gasteiger partial charge in [0.1, 0.15) is 6.10 Å². The number of carbonyl (C=O) groups is 2. The minimum atomic E-state index is -0.491. The number of nitrogen functional groups attached to an aromatic ring is 1. The quantitative estimate of drug-likeness (QED) is 0.848. The molecular formula is C16H16N2O3S. The first-order valence-electron chi connectivity index (χ1n) is 7.02. The van der Waals surface area contributed by atoms with Crippen LogP contribution in [-0.2, 0) is 17.6 Å². The molecule has 0 saturated carbocycles. The van der Waals surface area contributed by atoms with Crippen LogP contribution >= 0.6 is 11.3 Å². The third-order valence-electron chi connectivity index (χ3n) is 3.78. The second-order valence-corrected chi connectivity index (χ2v) is 6.38.